The van der Waals surface area contributed by atoms with E-state index in [4.69, 9.17) is 21.1 Å². The van der Waals surface area contributed by atoms with E-state index in [1.54, 1.807) is 20.1 Å². The van der Waals surface area contributed by atoms with Gasteiger partial charge in [-0.05, 0) is 19.9 Å². The summed E-state index contributed by atoms with van der Waals surface area (Å²) in [5, 5.41) is 10.2. The first-order chi connectivity index (χ1) is 7.54. The first-order valence-electron chi connectivity index (χ1n) is 5.28. The van der Waals surface area contributed by atoms with Crippen LogP contribution in [-0.2, 0) is 6.42 Å². The number of fused-ring (bicyclic) bond motifs is 1. The number of rotatable bonds is 2. The van der Waals surface area contributed by atoms with Gasteiger partial charge in [-0.15, -0.1) is 0 Å². The maximum absolute atomic E-state index is 9.64. The number of benzene rings is 1. The second kappa shape index (κ2) is 4.15. The lowest BCUT2D eigenvalue weighted by molar-refractivity contribution is 0.198. The molecule has 0 radical (unpaired) electrons. The summed E-state index contributed by atoms with van der Waals surface area (Å²) < 4.78 is 10.9. The van der Waals surface area contributed by atoms with Crippen molar-refractivity contribution in [2.24, 2.45) is 0 Å². The number of ether oxygens (including phenoxy) is 2. The fourth-order valence-corrected chi connectivity index (χ4v) is 2.37. The highest BCUT2D eigenvalue weighted by Gasteiger charge is 2.28. The molecule has 1 heterocycles. The van der Waals surface area contributed by atoms with Crippen molar-refractivity contribution in [1.82, 2.24) is 0 Å². The van der Waals surface area contributed by atoms with Crippen molar-refractivity contribution in [3.05, 3.63) is 22.2 Å². The third-order valence-electron chi connectivity index (χ3n) is 2.78. The Kier molecular flexibility index (Phi) is 3.00. The minimum Gasteiger partial charge on any atom is -0.493 e. The summed E-state index contributed by atoms with van der Waals surface area (Å²) in [7, 11) is 1.59. The van der Waals surface area contributed by atoms with Gasteiger partial charge in [-0.3, -0.25) is 0 Å². The SMILES string of the molecule is COc1cc(C(C)O)c(Cl)c2c1OC(C)C2. The average Bonchev–Trinajstić information content (AvgIpc) is 2.60. The highest BCUT2D eigenvalue weighted by atomic mass is 35.5. The molecule has 1 aromatic rings. The molecule has 0 spiro atoms. The molecular formula is C12H15ClO3. The van der Waals surface area contributed by atoms with Crippen LogP contribution in [0.5, 0.6) is 11.5 Å². The molecule has 1 aromatic carbocycles. The second-order valence-corrected chi connectivity index (χ2v) is 4.48. The summed E-state index contributed by atoms with van der Waals surface area (Å²) in [4.78, 5) is 0. The van der Waals surface area contributed by atoms with Gasteiger partial charge in [-0.25, -0.2) is 0 Å². The predicted molar refractivity (Wildman–Crippen MR) is 62.4 cm³/mol. The van der Waals surface area contributed by atoms with Crippen LogP contribution >= 0.6 is 11.6 Å². The van der Waals surface area contributed by atoms with Crippen LogP contribution < -0.4 is 9.47 Å². The molecule has 0 saturated carbocycles. The van der Waals surface area contributed by atoms with Gasteiger partial charge in [-0.1, -0.05) is 11.6 Å². The smallest absolute Gasteiger partial charge is 0.166 e. The van der Waals surface area contributed by atoms with Gasteiger partial charge in [0.25, 0.3) is 0 Å². The lowest BCUT2D eigenvalue weighted by atomic mass is 10.0. The minimum absolute atomic E-state index is 0.102. The van der Waals surface area contributed by atoms with E-state index >= 15 is 0 Å². The molecule has 2 rings (SSSR count). The van der Waals surface area contributed by atoms with Gasteiger partial charge in [0, 0.05) is 17.5 Å². The number of halogens is 1. The summed E-state index contributed by atoms with van der Waals surface area (Å²) in [6.07, 6.45) is 0.249. The van der Waals surface area contributed by atoms with Crippen molar-refractivity contribution in [3.63, 3.8) is 0 Å². The molecule has 2 atom stereocenters. The van der Waals surface area contributed by atoms with E-state index in [9.17, 15) is 5.11 Å². The van der Waals surface area contributed by atoms with E-state index in [0.717, 1.165) is 12.0 Å². The molecule has 0 bridgehead atoms. The van der Waals surface area contributed by atoms with Crippen molar-refractivity contribution in [2.45, 2.75) is 32.5 Å². The van der Waals surface area contributed by atoms with Crippen LogP contribution in [0, 0.1) is 0 Å². The Morgan fingerprint density at radius 1 is 1.62 bits per heavy atom. The Labute approximate surface area is 99.9 Å². The summed E-state index contributed by atoms with van der Waals surface area (Å²) in [6, 6.07) is 1.74. The number of aliphatic hydroxyl groups is 1. The van der Waals surface area contributed by atoms with Crippen LogP contribution in [0.15, 0.2) is 6.07 Å². The summed E-state index contributed by atoms with van der Waals surface area (Å²) in [5.41, 5.74) is 1.62. The normalized spacial score (nSPS) is 20.2. The standard InChI is InChI=1S/C12H15ClO3/c1-6-4-9-11(13)8(7(2)14)5-10(15-3)12(9)16-6/h5-7,14H,4H2,1-3H3. The molecule has 16 heavy (non-hydrogen) atoms. The highest BCUT2D eigenvalue weighted by molar-refractivity contribution is 6.32. The molecule has 0 aliphatic carbocycles. The molecule has 2 unspecified atom stereocenters. The number of methoxy groups -OCH3 is 1. The first kappa shape index (κ1) is 11.6. The molecule has 0 fully saturated rings. The predicted octanol–water partition coefficient (Wildman–Crippen LogP) is 2.73. The third kappa shape index (κ3) is 1.74. The minimum atomic E-state index is -0.609. The van der Waals surface area contributed by atoms with Crippen molar-refractivity contribution in [3.8, 4) is 11.5 Å². The lowest BCUT2D eigenvalue weighted by Gasteiger charge is -2.14. The zero-order valence-corrected chi connectivity index (χ0v) is 10.3. The summed E-state index contributed by atoms with van der Waals surface area (Å²) >= 11 is 6.25. The maximum Gasteiger partial charge on any atom is 0.166 e. The molecule has 0 amide bonds. The van der Waals surface area contributed by atoms with Gasteiger partial charge >= 0.3 is 0 Å². The van der Waals surface area contributed by atoms with E-state index in [-0.39, 0.29) is 6.10 Å². The Bertz CT molecular complexity index is 415. The fraction of sp³-hybridized carbons (Fsp3) is 0.500. The fourth-order valence-electron chi connectivity index (χ4n) is 1.99. The summed E-state index contributed by atoms with van der Waals surface area (Å²) in [6.45, 7) is 3.67. The average molecular weight is 243 g/mol. The number of aliphatic hydroxyl groups excluding tert-OH is 1. The first-order valence-corrected chi connectivity index (χ1v) is 5.66. The van der Waals surface area contributed by atoms with Gasteiger partial charge in [0.05, 0.1) is 18.2 Å². The number of hydrogen-bond donors (Lipinski definition) is 1. The lowest BCUT2D eigenvalue weighted by Crippen LogP contribution is -2.05. The van der Waals surface area contributed by atoms with E-state index in [1.165, 1.54) is 0 Å². The van der Waals surface area contributed by atoms with Crippen LogP contribution in [0.3, 0.4) is 0 Å². The molecule has 3 nitrogen and oxygen atoms in total. The molecule has 0 saturated heterocycles. The quantitative estimate of drug-likeness (QED) is 0.867. The number of hydrogen-bond acceptors (Lipinski definition) is 3. The molecule has 1 N–H and O–H groups in total. The monoisotopic (exact) mass is 242 g/mol. The van der Waals surface area contributed by atoms with E-state index in [2.05, 4.69) is 0 Å². The Hall–Kier alpha value is -0.930. The topological polar surface area (TPSA) is 38.7 Å². The van der Waals surface area contributed by atoms with Crippen LogP contribution in [0.1, 0.15) is 31.1 Å². The van der Waals surface area contributed by atoms with E-state index in [1.807, 2.05) is 6.92 Å². The highest BCUT2D eigenvalue weighted by Crippen LogP contribution is 2.45. The Morgan fingerprint density at radius 3 is 2.88 bits per heavy atom. The van der Waals surface area contributed by atoms with Crippen LogP contribution in [0.4, 0.5) is 0 Å². The largest absolute Gasteiger partial charge is 0.493 e. The zero-order valence-electron chi connectivity index (χ0n) is 9.58. The molecular weight excluding hydrogens is 228 g/mol. The van der Waals surface area contributed by atoms with Gasteiger partial charge in [0.15, 0.2) is 11.5 Å². The Morgan fingerprint density at radius 2 is 2.31 bits per heavy atom. The van der Waals surface area contributed by atoms with Crippen LogP contribution in [0.25, 0.3) is 0 Å². The zero-order chi connectivity index (χ0) is 11.9. The molecule has 1 aliphatic heterocycles. The van der Waals surface area contributed by atoms with Gasteiger partial charge in [0.1, 0.15) is 6.10 Å². The second-order valence-electron chi connectivity index (χ2n) is 4.10. The van der Waals surface area contributed by atoms with Crippen molar-refractivity contribution >= 4 is 11.6 Å². The maximum atomic E-state index is 9.64. The molecule has 88 valence electrons. The summed E-state index contributed by atoms with van der Waals surface area (Å²) in [5.74, 6) is 1.35. The van der Waals surface area contributed by atoms with E-state index < -0.39 is 6.10 Å². The Balaban J connectivity index is 2.59. The molecule has 4 heteroatoms. The van der Waals surface area contributed by atoms with Gasteiger partial charge in [0.2, 0.25) is 0 Å². The molecule has 0 aromatic heterocycles. The third-order valence-corrected chi connectivity index (χ3v) is 3.23. The van der Waals surface area contributed by atoms with Crippen molar-refractivity contribution < 1.29 is 14.6 Å². The van der Waals surface area contributed by atoms with Crippen molar-refractivity contribution in [2.75, 3.05) is 7.11 Å². The van der Waals surface area contributed by atoms with E-state index in [0.29, 0.717) is 22.1 Å². The van der Waals surface area contributed by atoms with Crippen LogP contribution in [0.2, 0.25) is 5.02 Å². The van der Waals surface area contributed by atoms with Crippen LogP contribution in [-0.4, -0.2) is 18.3 Å². The van der Waals surface area contributed by atoms with Crippen molar-refractivity contribution in [1.29, 1.82) is 0 Å². The molecule has 1 aliphatic rings. The van der Waals surface area contributed by atoms with Gasteiger partial charge in [-0.2, -0.15) is 0 Å². The van der Waals surface area contributed by atoms with Gasteiger partial charge < -0.3 is 14.6 Å².